The van der Waals surface area contributed by atoms with Gasteiger partial charge in [0.15, 0.2) is 0 Å². The minimum absolute atomic E-state index is 0.0576. The van der Waals surface area contributed by atoms with Crippen LogP contribution in [0.25, 0.3) is 0 Å². The topological polar surface area (TPSA) is 26.3 Å². The summed E-state index contributed by atoms with van der Waals surface area (Å²) in [7, 11) is 0. The molecule has 0 heterocycles. The predicted octanol–water partition coefficient (Wildman–Crippen LogP) is 9.40. The number of carbonyl (C=O) groups is 1. The van der Waals surface area contributed by atoms with Gasteiger partial charge in [-0.15, -0.1) is 0 Å². The van der Waals surface area contributed by atoms with E-state index in [0.29, 0.717) is 10.8 Å². The average molecular weight is 536 g/mol. The largest absolute Gasteiger partial charge is 0.461 e. The lowest BCUT2D eigenvalue weighted by atomic mass is 9.47. The van der Waals surface area contributed by atoms with E-state index in [0.717, 1.165) is 36.5 Å². The van der Waals surface area contributed by atoms with Crippen molar-refractivity contribution in [2.45, 2.75) is 141 Å². The van der Waals surface area contributed by atoms with Gasteiger partial charge in [0.05, 0.1) is 0 Å². The SMILES string of the molecule is CCCCCCCC[C@@H]1CC[C@@H]2[C@@H]3CC=C4C[C@@H](OC(=O)C(C)(C)Br)CC[C@]4(C)[C@H]3CC[C@]12C. The van der Waals surface area contributed by atoms with E-state index in [-0.39, 0.29) is 12.1 Å². The molecule has 0 radical (unpaired) electrons. The molecule has 0 saturated heterocycles. The second-order valence-electron chi connectivity index (χ2n) is 13.4. The summed E-state index contributed by atoms with van der Waals surface area (Å²) in [5.74, 6) is 3.48. The fraction of sp³-hybridized carbons (Fsp3) is 0.903. The second kappa shape index (κ2) is 10.6. The van der Waals surface area contributed by atoms with Crippen molar-refractivity contribution in [2.24, 2.45) is 34.5 Å². The van der Waals surface area contributed by atoms with Gasteiger partial charge in [0, 0.05) is 6.42 Å². The highest BCUT2D eigenvalue weighted by Crippen LogP contribution is 2.66. The molecule has 0 aromatic heterocycles. The Kier molecular flexibility index (Phi) is 8.33. The number of alkyl halides is 1. The normalized spacial score (nSPS) is 39.6. The molecule has 3 heteroatoms. The molecule has 194 valence electrons. The van der Waals surface area contributed by atoms with Gasteiger partial charge in [-0.1, -0.05) is 86.9 Å². The molecule has 0 amide bonds. The van der Waals surface area contributed by atoms with Crippen LogP contribution >= 0.6 is 15.9 Å². The molecule has 7 atom stereocenters. The van der Waals surface area contributed by atoms with Gasteiger partial charge in [-0.2, -0.15) is 0 Å². The van der Waals surface area contributed by atoms with E-state index in [4.69, 9.17) is 4.74 Å². The van der Waals surface area contributed by atoms with E-state index < -0.39 is 4.32 Å². The first kappa shape index (κ1) is 26.7. The van der Waals surface area contributed by atoms with Crippen molar-refractivity contribution in [3.63, 3.8) is 0 Å². The Bertz CT molecular complexity index is 751. The van der Waals surface area contributed by atoms with Gasteiger partial charge in [0.1, 0.15) is 10.4 Å². The number of carbonyl (C=O) groups excluding carboxylic acids is 1. The zero-order valence-electron chi connectivity index (χ0n) is 22.8. The van der Waals surface area contributed by atoms with Gasteiger partial charge >= 0.3 is 5.97 Å². The van der Waals surface area contributed by atoms with Crippen molar-refractivity contribution in [3.05, 3.63) is 11.6 Å². The first-order valence-corrected chi connectivity index (χ1v) is 15.5. The fourth-order valence-electron chi connectivity index (χ4n) is 8.77. The standard InChI is InChI=1S/C31H51BrO2/c1-6-7-8-9-10-11-12-22-14-16-26-25-15-13-23-21-24(34-28(33)29(2,3)32)17-19-31(23,5)27(25)18-20-30(22,26)4/h13,22,24-27H,6-12,14-21H2,1-5H3/t22-,24+,25+,26-,27+,30-,31+/m1/s1. The highest BCUT2D eigenvalue weighted by atomic mass is 79.9. The van der Waals surface area contributed by atoms with Crippen LogP contribution in [0.2, 0.25) is 0 Å². The molecule has 4 aliphatic rings. The number of allylic oxidation sites excluding steroid dienone is 1. The van der Waals surface area contributed by atoms with Crippen molar-refractivity contribution in [1.29, 1.82) is 0 Å². The first-order chi connectivity index (χ1) is 16.1. The van der Waals surface area contributed by atoms with E-state index in [1.165, 1.54) is 83.5 Å². The van der Waals surface area contributed by atoms with Gasteiger partial charge in [-0.25, -0.2) is 0 Å². The van der Waals surface area contributed by atoms with Gasteiger partial charge in [-0.05, 0) is 99.7 Å². The van der Waals surface area contributed by atoms with Crippen molar-refractivity contribution < 1.29 is 9.53 Å². The zero-order chi connectivity index (χ0) is 24.6. The third-order valence-corrected chi connectivity index (χ3v) is 11.2. The summed E-state index contributed by atoms with van der Waals surface area (Å²) >= 11 is 3.47. The molecule has 3 fully saturated rings. The minimum atomic E-state index is -0.595. The Morgan fingerprint density at radius 1 is 1.03 bits per heavy atom. The Labute approximate surface area is 218 Å². The number of esters is 1. The lowest BCUT2D eigenvalue weighted by molar-refractivity contribution is -0.153. The summed E-state index contributed by atoms with van der Waals surface area (Å²) in [4.78, 5) is 12.4. The summed E-state index contributed by atoms with van der Waals surface area (Å²) < 4.78 is 5.33. The highest BCUT2D eigenvalue weighted by Gasteiger charge is 2.58. The number of hydrogen-bond acceptors (Lipinski definition) is 2. The molecule has 0 aromatic rings. The van der Waals surface area contributed by atoms with Crippen LogP contribution in [0.4, 0.5) is 0 Å². The van der Waals surface area contributed by atoms with Crippen molar-refractivity contribution in [3.8, 4) is 0 Å². The molecule has 0 unspecified atom stereocenters. The van der Waals surface area contributed by atoms with E-state index in [1.54, 1.807) is 5.57 Å². The van der Waals surface area contributed by atoms with Crippen LogP contribution in [-0.2, 0) is 9.53 Å². The molecule has 4 aliphatic carbocycles. The Balaban J connectivity index is 1.38. The zero-order valence-corrected chi connectivity index (χ0v) is 24.4. The number of halogens is 1. The van der Waals surface area contributed by atoms with Gasteiger partial charge in [0.2, 0.25) is 0 Å². The maximum atomic E-state index is 12.4. The third-order valence-electron chi connectivity index (χ3n) is 10.9. The summed E-state index contributed by atoms with van der Waals surface area (Å²) in [5, 5.41) is 0. The fourth-order valence-corrected chi connectivity index (χ4v) is 8.87. The molecule has 4 rings (SSSR count). The smallest absolute Gasteiger partial charge is 0.322 e. The number of rotatable bonds is 9. The highest BCUT2D eigenvalue weighted by molar-refractivity contribution is 9.10. The van der Waals surface area contributed by atoms with E-state index in [1.807, 2.05) is 13.8 Å². The van der Waals surface area contributed by atoms with Crippen LogP contribution in [-0.4, -0.2) is 16.4 Å². The van der Waals surface area contributed by atoms with Crippen LogP contribution < -0.4 is 0 Å². The molecule has 0 N–H and O–H groups in total. The van der Waals surface area contributed by atoms with Gasteiger partial charge < -0.3 is 4.74 Å². The van der Waals surface area contributed by atoms with E-state index in [9.17, 15) is 4.79 Å². The summed E-state index contributed by atoms with van der Waals surface area (Å²) in [6.07, 6.45) is 22.9. The molecular formula is C31H51BrO2. The molecular weight excluding hydrogens is 484 g/mol. The van der Waals surface area contributed by atoms with E-state index >= 15 is 0 Å². The monoisotopic (exact) mass is 534 g/mol. The molecule has 0 spiro atoms. The lowest BCUT2D eigenvalue weighted by Gasteiger charge is -2.58. The number of unbranched alkanes of at least 4 members (excludes halogenated alkanes) is 5. The van der Waals surface area contributed by atoms with Crippen LogP contribution in [0.1, 0.15) is 131 Å². The molecule has 0 aromatic carbocycles. The summed E-state index contributed by atoms with van der Waals surface area (Å²) in [5.41, 5.74) is 2.52. The molecule has 3 saturated carbocycles. The van der Waals surface area contributed by atoms with Crippen molar-refractivity contribution in [1.82, 2.24) is 0 Å². The Hall–Kier alpha value is -0.310. The number of fused-ring (bicyclic) bond motifs is 5. The van der Waals surface area contributed by atoms with Crippen LogP contribution in [0, 0.1) is 34.5 Å². The van der Waals surface area contributed by atoms with Gasteiger partial charge in [0.25, 0.3) is 0 Å². The predicted molar refractivity (Wildman–Crippen MR) is 146 cm³/mol. The molecule has 0 aliphatic heterocycles. The Morgan fingerprint density at radius 2 is 1.76 bits per heavy atom. The maximum absolute atomic E-state index is 12.4. The van der Waals surface area contributed by atoms with Crippen LogP contribution in [0.15, 0.2) is 11.6 Å². The molecule has 2 nitrogen and oxygen atoms in total. The maximum Gasteiger partial charge on any atom is 0.322 e. The van der Waals surface area contributed by atoms with E-state index in [2.05, 4.69) is 42.8 Å². The van der Waals surface area contributed by atoms with Crippen LogP contribution in [0.3, 0.4) is 0 Å². The third kappa shape index (κ3) is 5.21. The average Bonchev–Trinajstić information content (AvgIpc) is 3.12. The van der Waals surface area contributed by atoms with Crippen molar-refractivity contribution in [2.75, 3.05) is 0 Å². The molecule has 34 heavy (non-hydrogen) atoms. The minimum Gasteiger partial charge on any atom is -0.461 e. The van der Waals surface area contributed by atoms with Crippen molar-refractivity contribution >= 4 is 21.9 Å². The first-order valence-electron chi connectivity index (χ1n) is 14.7. The number of ether oxygens (including phenoxy) is 1. The lowest BCUT2D eigenvalue weighted by Crippen LogP contribution is -2.50. The summed E-state index contributed by atoms with van der Waals surface area (Å²) in [6, 6.07) is 0. The quantitative estimate of drug-likeness (QED) is 0.127. The molecule has 0 bridgehead atoms. The summed E-state index contributed by atoms with van der Waals surface area (Å²) in [6.45, 7) is 11.3. The van der Waals surface area contributed by atoms with Crippen LogP contribution in [0.5, 0.6) is 0 Å². The Morgan fingerprint density at radius 3 is 2.50 bits per heavy atom. The number of hydrogen-bond donors (Lipinski definition) is 0. The second-order valence-corrected chi connectivity index (χ2v) is 15.4. The van der Waals surface area contributed by atoms with Gasteiger partial charge in [-0.3, -0.25) is 4.79 Å².